The molecule has 0 bridgehead atoms. The van der Waals surface area contributed by atoms with Gasteiger partial charge in [0.15, 0.2) is 0 Å². The second kappa shape index (κ2) is 5.37. The smallest absolute Gasteiger partial charge is 0.421 e. The molecule has 0 aliphatic rings. The molecule has 0 aliphatic carbocycles. The topological polar surface area (TPSA) is 72.5 Å². The molecular weight excluding hydrogens is 266 g/mol. The predicted octanol–water partition coefficient (Wildman–Crippen LogP) is 2.16. The van der Waals surface area contributed by atoms with E-state index in [1.54, 1.807) is 18.6 Å². The Morgan fingerprint density at radius 2 is 1.82 bits per heavy atom. The number of carbonyl (C=O) groups excluding carboxylic acids is 1. The van der Waals surface area contributed by atoms with Gasteiger partial charge < -0.3 is 4.74 Å². The normalized spacial score (nSPS) is 11.3. The predicted molar refractivity (Wildman–Crippen MR) is 63.4 cm³/mol. The molecule has 17 heavy (non-hydrogen) atoms. The van der Waals surface area contributed by atoms with E-state index in [0.717, 1.165) is 0 Å². The summed E-state index contributed by atoms with van der Waals surface area (Å²) in [5.74, 6) is 0. The van der Waals surface area contributed by atoms with E-state index in [1.807, 2.05) is 0 Å². The molecule has 0 atom stereocenters. The first kappa shape index (κ1) is 13.8. The minimum Gasteiger partial charge on any atom is -0.446 e. The molecule has 0 unspecified atom stereocenters. The van der Waals surface area contributed by atoms with Crippen LogP contribution in [0, 0.1) is 0 Å². The Morgan fingerprint density at radius 1 is 1.29 bits per heavy atom. The largest absolute Gasteiger partial charge is 0.446 e. The highest BCUT2D eigenvalue weighted by Gasteiger charge is 2.18. The van der Waals surface area contributed by atoms with Crippen molar-refractivity contribution in [1.82, 2.24) is 4.72 Å². The molecule has 5 nitrogen and oxygen atoms in total. The fourth-order valence-electron chi connectivity index (χ4n) is 1.02. The molecular formula is C10H12ClNO4S. The van der Waals surface area contributed by atoms with Gasteiger partial charge in [0.1, 0.15) is 0 Å². The summed E-state index contributed by atoms with van der Waals surface area (Å²) in [4.78, 5) is 11.1. The highest BCUT2D eigenvalue weighted by molar-refractivity contribution is 7.90. The fraction of sp³-hybridized carbons (Fsp3) is 0.300. The zero-order valence-corrected chi connectivity index (χ0v) is 10.9. The monoisotopic (exact) mass is 277 g/mol. The SMILES string of the molecule is CC(C)OC(=O)NS(=O)(=O)c1ccc(Cl)cc1. The average molecular weight is 278 g/mol. The van der Waals surface area contributed by atoms with Gasteiger partial charge in [-0.25, -0.2) is 17.9 Å². The number of benzene rings is 1. The number of ether oxygens (including phenoxy) is 1. The molecule has 0 fully saturated rings. The molecule has 7 heteroatoms. The summed E-state index contributed by atoms with van der Waals surface area (Å²) in [6.07, 6.45) is -1.40. The first-order valence-electron chi connectivity index (χ1n) is 4.80. The zero-order valence-electron chi connectivity index (χ0n) is 9.31. The second-order valence-corrected chi connectivity index (χ2v) is 5.63. The summed E-state index contributed by atoms with van der Waals surface area (Å²) in [7, 11) is -3.91. The lowest BCUT2D eigenvalue weighted by Crippen LogP contribution is -2.32. The maximum atomic E-state index is 11.7. The number of carbonyl (C=O) groups is 1. The van der Waals surface area contributed by atoms with Gasteiger partial charge in [-0.3, -0.25) is 0 Å². The number of rotatable bonds is 3. The highest BCUT2D eigenvalue weighted by atomic mass is 35.5. The van der Waals surface area contributed by atoms with Crippen LogP contribution < -0.4 is 4.72 Å². The van der Waals surface area contributed by atoms with Crippen molar-refractivity contribution in [2.75, 3.05) is 0 Å². The van der Waals surface area contributed by atoms with E-state index in [1.165, 1.54) is 24.3 Å². The maximum Gasteiger partial charge on any atom is 0.421 e. The van der Waals surface area contributed by atoms with E-state index in [9.17, 15) is 13.2 Å². The Kier molecular flexibility index (Phi) is 4.36. The first-order chi connectivity index (χ1) is 7.81. The van der Waals surface area contributed by atoms with Gasteiger partial charge in [-0.15, -0.1) is 0 Å². The standard InChI is InChI=1S/C10H12ClNO4S/c1-7(2)16-10(13)12-17(14,15)9-5-3-8(11)4-6-9/h3-7H,1-2H3,(H,12,13). The lowest BCUT2D eigenvalue weighted by atomic mass is 10.4. The summed E-state index contributed by atoms with van der Waals surface area (Å²) in [6.45, 7) is 3.24. The van der Waals surface area contributed by atoms with E-state index in [2.05, 4.69) is 4.74 Å². The molecule has 1 rings (SSSR count). The Bertz CT molecular complexity index is 496. The second-order valence-electron chi connectivity index (χ2n) is 3.51. The van der Waals surface area contributed by atoms with Gasteiger partial charge >= 0.3 is 6.09 Å². The zero-order chi connectivity index (χ0) is 13.1. The number of halogens is 1. The molecule has 1 amide bonds. The van der Waals surface area contributed by atoms with E-state index < -0.39 is 22.2 Å². The van der Waals surface area contributed by atoms with Crippen molar-refractivity contribution >= 4 is 27.7 Å². The number of sulfonamides is 1. The van der Waals surface area contributed by atoms with Crippen molar-refractivity contribution in [1.29, 1.82) is 0 Å². The summed E-state index contributed by atoms with van der Waals surface area (Å²) >= 11 is 5.63. The van der Waals surface area contributed by atoms with Crippen molar-refractivity contribution in [2.45, 2.75) is 24.8 Å². The molecule has 0 spiro atoms. The Morgan fingerprint density at radius 3 is 2.29 bits per heavy atom. The minimum atomic E-state index is -3.91. The molecule has 0 radical (unpaired) electrons. The highest BCUT2D eigenvalue weighted by Crippen LogP contribution is 2.13. The maximum absolute atomic E-state index is 11.7. The van der Waals surface area contributed by atoms with Crippen LogP contribution in [0.3, 0.4) is 0 Å². The van der Waals surface area contributed by atoms with Crippen molar-refractivity contribution in [3.63, 3.8) is 0 Å². The van der Waals surface area contributed by atoms with Crippen LogP contribution in [0.5, 0.6) is 0 Å². The van der Waals surface area contributed by atoms with Crippen LogP contribution in [0.4, 0.5) is 4.79 Å². The van der Waals surface area contributed by atoms with Crippen LogP contribution >= 0.6 is 11.6 Å². The lowest BCUT2D eigenvalue weighted by molar-refractivity contribution is 0.121. The quantitative estimate of drug-likeness (QED) is 0.919. The summed E-state index contributed by atoms with van der Waals surface area (Å²) in [5.41, 5.74) is 0. The van der Waals surface area contributed by atoms with Crippen LogP contribution in [0.1, 0.15) is 13.8 Å². The van der Waals surface area contributed by atoms with Crippen molar-refractivity contribution < 1.29 is 17.9 Å². The van der Waals surface area contributed by atoms with Gasteiger partial charge in [0.2, 0.25) is 0 Å². The Balaban J connectivity index is 2.82. The average Bonchev–Trinajstić information content (AvgIpc) is 2.15. The summed E-state index contributed by atoms with van der Waals surface area (Å²) in [5, 5.41) is 0.411. The van der Waals surface area contributed by atoms with Crippen LogP contribution in [-0.4, -0.2) is 20.6 Å². The third-order valence-corrected chi connectivity index (χ3v) is 3.26. The fourth-order valence-corrected chi connectivity index (χ4v) is 2.03. The number of hydrogen-bond acceptors (Lipinski definition) is 4. The molecule has 1 aromatic carbocycles. The molecule has 0 aromatic heterocycles. The van der Waals surface area contributed by atoms with Crippen LogP contribution in [0.2, 0.25) is 5.02 Å². The molecule has 0 heterocycles. The third-order valence-electron chi connectivity index (χ3n) is 1.68. The molecule has 1 aromatic rings. The van der Waals surface area contributed by atoms with Crippen molar-refractivity contribution in [3.8, 4) is 0 Å². The van der Waals surface area contributed by atoms with E-state index in [4.69, 9.17) is 11.6 Å². The lowest BCUT2D eigenvalue weighted by Gasteiger charge is -2.10. The molecule has 1 N–H and O–H groups in total. The van der Waals surface area contributed by atoms with Crippen LogP contribution in [-0.2, 0) is 14.8 Å². The minimum absolute atomic E-state index is 0.0531. The van der Waals surface area contributed by atoms with Crippen molar-refractivity contribution in [3.05, 3.63) is 29.3 Å². The van der Waals surface area contributed by atoms with Crippen LogP contribution in [0.15, 0.2) is 29.2 Å². The molecule has 0 saturated heterocycles. The van der Waals surface area contributed by atoms with Gasteiger partial charge in [-0.05, 0) is 38.1 Å². The Labute approximate surface area is 105 Å². The van der Waals surface area contributed by atoms with Crippen LogP contribution in [0.25, 0.3) is 0 Å². The van der Waals surface area contributed by atoms with Crippen molar-refractivity contribution in [2.24, 2.45) is 0 Å². The van der Waals surface area contributed by atoms with Gasteiger partial charge in [-0.2, -0.15) is 0 Å². The van der Waals surface area contributed by atoms with E-state index in [0.29, 0.717) is 5.02 Å². The molecule has 0 saturated carbocycles. The van der Waals surface area contributed by atoms with Gasteiger partial charge in [0.05, 0.1) is 11.0 Å². The Hall–Kier alpha value is -1.27. The first-order valence-corrected chi connectivity index (χ1v) is 6.66. The molecule has 94 valence electrons. The van der Waals surface area contributed by atoms with Gasteiger partial charge in [-0.1, -0.05) is 11.6 Å². The summed E-state index contributed by atoms with van der Waals surface area (Å²) in [6, 6.07) is 5.44. The van der Waals surface area contributed by atoms with Gasteiger partial charge in [0.25, 0.3) is 10.0 Å². The number of amides is 1. The van der Waals surface area contributed by atoms with E-state index in [-0.39, 0.29) is 4.90 Å². The molecule has 0 aliphatic heterocycles. The van der Waals surface area contributed by atoms with E-state index >= 15 is 0 Å². The van der Waals surface area contributed by atoms with Gasteiger partial charge in [0, 0.05) is 5.02 Å². The number of hydrogen-bond donors (Lipinski definition) is 1. The third kappa shape index (κ3) is 4.24. The summed E-state index contributed by atoms with van der Waals surface area (Å²) < 4.78 is 29.8. The number of nitrogens with one attached hydrogen (secondary N) is 1.